The fourth-order valence-corrected chi connectivity index (χ4v) is 4.41. The first-order chi connectivity index (χ1) is 16.6. The number of benzene rings is 1. The molecule has 2 aromatic rings. The molecule has 0 spiro atoms. The van der Waals surface area contributed by atoms with Gasteiger partial charge in [0.05, 0.1) is 6.61 Å². The quantitative estimate of drug-likeness (QED) is 0.321. The molecule has 0 aliphatic heterocycles. The van der Waals surface area contributed by atoms with Crippen molar-refractivity contribution >= 4 is 34.8 Å². The van der Waals surface area contributed by atoms with Crippen LogP contribution >= 0.6 is 11.3 Å². The second kappa shape index (κ2) is 14.0. The van der Waals surface area contributed by atoms with E-state index in [0.717, 1.165) is 10.4 Å². The number of thiophene rings is 1. The topological polar surface area (TPSA) is 105 Å². The van der Waals surface area contributed by atoms with Gasteiger partial charge in [-0.3, -0.25) is 9.59 Å². The maximum absolute atomic E-state index is 13.1. The molecule has 2 amide bonds. The Labute approximate surface area is 212 Å². The number of ketones is 1. The Balaban J connectivity index is 1.93. The number of carbonyl (C=O) groups excluding carboxylic acids is 3. The van der Waals surface area contributed by atoms with Crippen LogP contribution in [0.15, 0.2) is 41.8 Å². The summed E-state index contributed by atoms with van der Waals surface area (Å²) in [5, 5.41) is 16.8. The molecule has 0 fully saturated rings. The first kappa shape index (κ1) is 28.5. The lowest BCUT2D eigenvalue weighted by Crippen LogP contribution is -2.33. The summed E-state index contributed by atoms with van der Waals surface area (Å²) in [6, 6.07) is 11.0. The average molecular weight is 503 g/mol. The van der Waals surface area contributed by atoms with Crippen LogP contribution in [0, 0.1) is 11.8 Å². The SMILES string of the molecule is C[C@@H](Cc1cccs1)C(=O)C[C@@H](CCCCNC(=O)OC(C)(C)C)C(=O)Nc1ccc(CO)cc1. The minimum Gasteiger partial charge on any atom is -0.444 e. The molecule has 0 unspecified atom stereocenters. The van der Waals surface area contributed by atoms with E-state index in [0.29, 0.717) is 37.9 Å². The monoisotopic (exact) mass is 502 g/mol. The Morgan fingerprint density at radius 1 is 1.09 bits per heavy atom. The van der Waals surface area contributed by atoms with Crippen LogP contribution in [-0.4, -0.2) is 35.0 Å². The second-order valence-electron chi connectivity index (χ2n) is 9.82. The highest BCUT2D eigenvalue weighted by Crippen LogP contribution is 2.22. The number of nitrogens with one attached hydrogen (secondary N) is 2. The maximum Gasteiger partial charge on any atom is 0.407 e. The van der Waals surface area contributed by atoms with Gasteiger partial charge in [0.1, 0.15) is 11.4 Å². The molecule has 0 aliphatic carbocycles. The van der Waals surface area contributed by atoms with Crippen LogP contribution in [0.5, 0.6) is 0 Å². The highest BCUT2D eigenvalue weighted by Gasteiger charge is 2.25. The lowest BCUT2D eigenvalue weighted by atomic mass is 9.89. The third-order valence-corrected chi connectivity index (χ3v) is 6.41. The van der Waals surface area contributed by atoms with Crippen molar-refractivity contribution < 1.29 is 24.2 Å². The largest absolute Gasteiger partial charge is 0.444 e. The number of aliphatic hydroxyl groups is 1. The Bertz CT molecular complexity index is 935. The van der Waals surface area contributed by atoms with Gasteiger partial charge in [0, 0.05) is 35.4 Å². The van der Waals surface area contributed by atoms with E-state index in [2.05, 4.69) is 10.6 Å². The van der Waals surface area contributed by atoms with E-state index in [1.807, 2.05) is 45.2 Å². The van der Waals surface area contributed by atoms with Crippen LogP contribution in [0.3, 0.4) is 0 Å². The standard InChI is InChI=1S/C27H38N2O5S/c1-19(16-23-9-7-15-35-23)24(31)17-21(8-5-6-14-28-26(33)34-27(2,3)4)25(32)29-22-12-10-20(18-30)11-13-22/h7,9-13,15,19,21,30H,5-6,8,14,16-18H2,1-4H3,(H,28,33)(H,29,32)/t19-,21+/m0/s1. The normalized spacial score (nSPS) is 13.1. The van der Waals surface area contributed by atoms with Crippen LogP contribution in [-0.2, 0) is 27.4 Å². The van der Waals surface area contributed by atoms with Gasteiger partial charge in [-0.05, 0) is 69.2 Å². The summed E-state index contributed by atoms with van der Waals surface area (Å²) < 4.78 is 5.23. The molecule has 1 heterocycles. The first-order valence-electron chi connectivity index (χ1n) is 12.1. The highest BCUT2D eigenvalue weighted by atomic mass is 32.1. The molecule has 35 heavy (non-hydrogen) atoms. The number of unbranched alkanes of at least 4 members (excludes halogenated alkanes) is 1. The number of ether oxygens (including phenoxy) is 1. The lowest BCUT2D eigenvalue weighted by Gasteiger charge is -2.20. The van der Waals surface area contributed by atoms with Gasteiger partial charge in [-0.25, -0.2) is 4.79 Å². The molecule has 0 bridgehead atoms. The van der Waals surface area contributed by atoms with Crippen molar-refractivity contribution in [1.29, 1.82) is 0 Å². The number of rotatable bonds is 13. The van der Waals surface area contributed by atoms with Gasteiger partial charge in [0.2, 0.25) is 5.91 Å². The smallest absolute Gasteiger partial charge is 0.407 e. The van der Waals surface area contributed by atoms with E-state index in [4.69, 9.17) is 4.74 Å². The molecular formula is C27H38N2O5S. The van der Waals surface area contributed by atoms with Crippen LogP contribution in [0.1, 0.15) is 63.8 Å². The summed E-state index contributed by atoms with van der Waals surface area (Å²) in [6.45, 7) is 7.71. The Kier molecular flexibility index (Phi) is 11.4. The summed E-state index contributed by atoms with van der Waals surface area (Å²) in [6.07, 6.45) is 2.28. The van der Waals surface area contributed by atoms with Crippen molar-refractivity contribution in [3.8, 4) is 0 Å². The Hall–Kier alpha value is -2.71. The fourth-order valence-electron chi connectivity index (χ4n) is 3.57. The van der Waals surface area contributed by atoms with Crippen molar-refractivity contribution in [2.75, 3.05) is 11.9 Å². The number of amides is 2. The minimum atomic E-state index is -0.553. The molecule has 1 aromatic heterocycles. The van der Waals surface area contributed by atoms with Gasteiger partial charge >= 0.3 is 6.09 Å². The Morgan fingerprint density at radius 2 is 1.80 bits per heavy atom. The van der Waals surface area contributed by atoms with Gasteiger partial charge in [-0.1, -0.05) is 31.5 Å². The van der Waals surface area contributed by atoms with Crippen molar-refractivity contribution in [2.24, 2.45) is 11.8 Å². The maximum atomic E-state index is 13.1. The van der Waals surface area contributed by atoms with E-state index in [-0.39, 0.29) is 30.6 Å². The molecule has 0 saturated carbocycles. The van der Waals surface area contributed by atoms with Crippen molar-refractivity contribution in [2.45, 2.75) is 72.0 Å². The molecule has 0 radical (unpaired) electrons. The molecule has 2 atom stereocenters. The van der Waals surface area contributed by atoms with Crippen molar-refractivity contribution in [3.05, 3.63) is 52.2 Å². The minimum absolute atomic E-state index is 0.0647. The zero-order valence-corrected chi connectivity index (χ0v) is 22.0. The fraction of sp³-hybridized carbons (Fsp3) is 0.519. The summed E-state index contributed by atoms with van der Waals surface area (Å²) in [4.78, 5) is 39.0. The highest BCUT2D eigenvalue weighted by molar-refractivity contribution is 7.09. The van der Waals surface area contributed by atoms with Gasteiger partial charge in [-0.2, -0.15) is 0 Å². The lowest BCUT2D eigenvalue weighted by molar-refractivity contribution is -0.128. The van der Waals surface area contributed by atoms with Crippen LogP contribution in [0.25, 0.3) is 0 Å². The van der Waals surface area contributed by atoms with Gasteiger partial charge < -0.3 is 20.5 Å². The molecule has 0 saturated heterocycles. The molecule has 8 heteroatoms. The summed E-state index contributed by atoms with van der Waals surface area (Å²) in [7, 11) is 0. The summed E-state index contributed by atoms with van der Waals surface area (Å²) >= 11 is 1.63. The van der Waals surface area contributed by atoms with Crippen molar-refractivity contribution in [3.63, 3.8) is 0 Å². The van der Waals surface area contributed by atoms with Crippen LogP contribution < -0.4 is 10.6 Å². The van der Waals surface area contributed by atoms with E-state index in [1.165, 1.54) is 0 Å². The number of carbonyl (C=O) groups is 3. The molecule has 0 aliphatic rings. The molecule has 3 N–H and O–H groups in total. The van der Waals surface area contributed by atoms with Crippen molar-refractivity contribution in [1.82, 2.24) is 5.32 Å². The number of hydrogen-bond donors (Lipinski definition) is 3. The molecule has 192 valence electrons. The van der Waals surface area contributed by atoms with Crippen LogP contribution in [0.4, 0.5) is 10.5 Å². The molecule has 7 nitrogen and oxygen atoms in total. The molecular weight excluding hydrogens is 464 g/mol. The third kappa shape index (κ3) is 11.0. The van der Waals surface area contributed by atoms with Gasteiger partial charge in [-0.15, -0.1) is 11.3 Å². The first-order valence-corrected chi connectivity index (χ1v) is 13.0. The second-order valence-corrected chi connectivity index (χ2v) is 10.9. The van der Waals surface area contributed by atoms with E-state index in [1.54, 1.807) is 35.6 Å². The average Bonchev–Trinajstić information content (AvgIpc) is 3.30. The number of aliphatic hydroxyl groups excluding tert-OH is 1. The summed E-state index contributed by atoms with van der Waals surface area (Å²) in [5.74, 6) is -0.756. The summed E-state index contributed by atoms with van der Waals surface area (Å²) in [5.41, 5.74) is 0.834. The number of Topliss-reactive ketones (excluding diaryl/α,β-unsaturated/α-hetero) is 1. The van der Waals surface area contributed by atoms with Gasteiger partial charge in [0.15, 0.2) is 0 Å². The predicted octanol–water partition coefficient (Wildman–Crippen LogP) is 5.33. The van der Waals surface area contributed by atoms with Crippen LogP contribution in [0.2, 0.25) is 0 Å². The third-order valence-electron chi connectivity index (χ3n) is 5.51. The zero-order valence-electron chi connectivity index (χ0n) is 21.1. The van der Waals surface area contributed by atoms with E-state index >= 15 is 0 Å². The number of alkyl carbamates (subject to hydrolysis) is 1. The molecule has 2 rings (SSSR count). The zero-order chi connectivity index (χ0) is 25.8. The number of anilines is 1. The Morgan fingerprint density at radius 3 is 2.40 bits per heavy atom. The van der Waals surface area contributed by atoms with E-state index < -0.39 is 17.6 Å². The number of hydrogen-bond acceptors (Lipinski definition) is 6. The van der Waals surface area contributed by atoms with Gasteiger partial charge in [0.25, 0.3) is 0 Å². The van der Waals surface area contributed by atoms with E-state index in [9.17, 15) is 19.5 Å². The molecule has 1 aromatic carbocycles. The predicted molar refractivity (Wildman–Crippen MR) is 139 cm³/mol.